The lowest BCUT2D eigenvalue weighted by Crippen LogP contribution is -2.55. The van der Waals surface area contributed by atoms with E-state index in [9.17, 15) is 4.79 Å². The van der Waals surface area contributed by atoms with Gasteiger partial charge in [-0.2, -0.15) is 0 Å². The van der Waals surface area contributed by atoms with Crippen LogP contribution in [0.3, 0.4) is 0 Å². The van der Waals surface area contributed by atoms with Crippen LogP contribution < -0.4 is 5.32 Å². The van der Waals surface area contributed by atoms with E-state index in [1.54, 1.807) is 0 Å². The molecule has 1 N–H and O–H groups in total. The molecule has 88 valence electrons. The van der Waals surface area contributed by atoms with Crippen LogP contribution in [0.5, 0.6) is 0 Å². The molecule has 1 heterocycles. The monoisotopic (exact) mass is 214 g/mol. The van der Waals surface area contributed by atoms with Crippen molar-refractivity contribution in [2.75, 3.05) is 32.8 Å². The van der Waals surface area contributed by atoms with Gasteiger partial charge in [0, 0.05) is 19.5 Å². The number of hydrogen-bond acceptors (Lipinski definition) is 3. The molecule has 1 fully saturated rings. The van der Waals surface area contributed by atoms with Crippen molar-refractivity contribution in [1.29, 1.82) is 0 Å². The molecule has 0 spiro atoms. The zero-order chi connectivity index (χ0) is 11.3. The summed E-state index contributed by atoms with van der Waals surface area (Å²) in [6.45, 7) is 9.86. The number of morpholine rings is 1. The Morgan fingerprint density at radius 2 is 2.27 bits per heavy atom. The number of nitrogens with zero attached hydrogens (tertiary/aromatic N) is 1. The minimum atomic E-state index is -0.151. The van der Waals surface area contributed by atoms with E-state index in [0.717, 1.165) is 19.6 Å². The van der Waals surface area contributed by atoms with Crippen molar-refractivity contribution in [3.63, 3.8) is 0 Å². The second-order valence-electron chi connectivity index (χ2n) is 4.51. The van der Waals surface area contributed by atoms with E-state index in [1.807, 2.05) is 11.8 Å². The van der Waals surface area contributed by atoms with Gasteiger partial charge in [0.25, 0.3) is 0 Å². The summed E-state index contributed by atoms with van der Waals surface area (Å²) in [5, 5.41) is 3.17. The summed E-state index contributed by atoms with van der Waals surface area (Å²) >= 11 is 0. The average molecular weight is 214 g/mol. The van der Waals surface area contributed by atoms with E-state index < -0.39 is 0 Å². The minimum absolute atomic E-state index is 0.151. The van der Waals surface area contributed by atoms with Crippen molar-refractivity contribution in [2.45, 2.75) is 32.7 Å². The van der Waals surface area contributed by atoms with Crippen LogP contribution in [-0.2, 0) is 9.53 Å². The van der Waals surface area contributed by atoms with Crippen LogP contribution in [0.2, 0.25) is 0 Å². The molecule has 0 atom stereocenters. The van der Waals surface area contributed by atoms with Crippen molar-refractivity contribution < 1.29 is 9.53 Å². The predicted molar refractivity (Wildman–Crippen MR) is 59.8 cm³/mol. The molecule has 15 heavy (non-hydrogen) atoms. The molecule has 0 radical (unpaired) electrons. The van der Waals surface area contributed by atoms with Gasteiger partial charge in [0.15, 0.2) is 0 Å². The van der Waals surface area contributed by atoms with Gasteiger partial charge in [-0.25, -0.2) is 0 Å². The first-order valence-corrected chi connectivity index (χ1v) is 5.67. The van der Waals surface area contributed by atoms with Crippen molar-refractivity contribution in [2.24, 2.45) is 0 Å². The lowest BCUT2D eigenvalue weighted by Gasteiger charge is -2.42. The fourth-order valence-electron chi connectivity index (χ4n) is 1.83. The van der Waals surface area contributed by atoms with Crippen molar-refractivity contribution >= 4 is 5.91 Å². The maximum absolute atomic E-state index is 11.9. The quantitative estimate of drug-likeness (QED) is 0.698. The lowest BCUT2D eigenvalue weighted by atomic mass is 10.0. The number of ether oxygens (including phenoxy) is 1. The average Bonchev–Trinajstić information content (AvgIpc) is 2.17. The van der Waals surface area contributed by atoms with Crippen LogP contribution in [-0.4, -0.2) is 49.2 Å². The molecule has 0 aromatic carbocycles. The Balaban J connectivity index is 2.42. The summed E-state index contributed by atoms with van der Waals surface area (Å²) in [6, 6.07) is 0. The molecular formula is C11H22N2O2. The van der Waals surface area contributed by atoms with Gasteiger partial charge in [0.05, 0.1) is 18.8 Å². The largest absolute Gasteiger partial charge is 0.377 e. The molecule has 0 unspecified atom stereocenters. The fraction of sp³-hybridized carbons (Fsp3) is 0.909. The standard InChI is InChI=1S/C11H22N2O2/c1-4-12-6-5-10(14)13-7-8-15-9-11(13,2)3/h12H,4-9H2,1-3H3. The van der Waals surface area contributed by atoms with E-state index in [-0.39, 0.29) is 11.4 Å². The highest BCUT2D eigenvalue weighted by atomic mass is 16.5. The summed E-state index contributed by atoms with van der Waals surface area (Å²) in [5.41, 5.74) is -0.151. The van der Waals surface area contributed by atoms with Gasteiger partial charge in [-0.15, -0.1) is 0 Å². The highest BCUT2D eigenvalue weighted by Crippen LogP contribution is 2.19. The van der Waals surface area contributed by atoms with Crippen molar-refractivity contribution in [3.05, 3.63) is 0 Å². The Morgan fingerprint density at radius 3 is 2.87 bits per heavy atom. The normalized spacial score (nSPS) is 20.3. The van der Waals surface area contributed by atoms with E-state index in [1.165, 1.54) is 0 Å². The number of carbonyl (C=O) groups is 1. The van der Waals surface area contributed by atoms with Crippen LogP contribution >= 0.6 is 0 Å². The number of amides is 1. The summed E-state index contributed by atoms with van der Waals surface area (Å²) in [6.07, 6.45) is 0.581. The van der Waals surface area contributed by atoms with Crippen molar-refractivity contribution in [1.82, 2.24) is 10.2 Å². The maximum Gasteiger partial charge on any atom is 0.224 e. The van der Waals surface area contributed by atoms with Crippen LogP contribution in [0.15, 0.2) is 0 Å². The van der Waals surface area contributed by atoms with Gasteiger partial charge in [-0.3, -0.25) is 4.79 Å². The van der Waals surface area contributed by atoms with E-state index in [2.05, 4.69) is 19.2 Å². The Morgan fingerprint density at radius 1 is 1.53 bits per heavy atom. The minimum Gasteiger partial charge on any atom is -0.377 e. The molecule has 0 aliphatic carbocycles. The first kappa shape index (κ1) is 12.5. The van der Waals surface area contributed by atoms with Gasteiger partial charge < -0.3 is 15.0 Å². The molecule has 1 aliphatic rings. The molecule has 1 aliphatic heterocycles. The first-order chi connectivity index (χ1) is 7.08. The zero-order valence-electron chi connectivity index (χ0n) is 10.0. The molecule has 0 saturated carbocycles. The molecule has 0 aromatic heterocycles. The van der Waals surface area contributed by atoms with E-state index in [4.69, 9.17) is 4.74 Å². The molecule has 4 nitrogen and oxygen atoms in total. The summed E-state index contributed by atoms with van der Waals surface area (Å²) < 4.78 is 5.38. The van der Waals surface area contributed by atoms with E-state index >= 15 is 0 Å². The summed E-state index contributed by atoms with van der Waals surface area (Å²) in [4.78, 5) is 13.9. The third-order valence-corrected chi connectivity index (χ3v) is 2.71. The molecule has 0 aromatic rings. The lowest BCUT2D eigenvalue weighted by molar-refractivity contribution is -0.146. The molecule has 0 bridgehead atoms. The smallest absolute Gasteiger partial charge is 0.224 e. The van der Waals surface area contributed by atoms with Crippen LogP contribution in [0.25, 0.3) is 0 Å². The molecule has 1 amide bonds. The second kappa shape index (κ2) is 5.47. The number of rotatable bonds is 4. The van der Waals surface area contributed by atoms with E-state index in [0.29, 0.717) is 19.6 Å². The Labute approximate surface area is 92.0 Å². The van der Waals surface area contributed by atoms with Crippen LogP contribution in [0.1, 0.15) is 27.2 Å². The predicted octanol–water partition coefficient (Wildman–Crippen LogP) is 0.623. The Kier molecular flexibility index (Phi) is 4.54. The first-order valence-electron chi connectivity index (χ1n) is 5.67. The number of nitrogens with one attached hydrogen (secondary N) is 1. The van der Waals surface area contributed by atoms with Crippen molar-refractivity contribution in [3.8, 4) is 0 Å². The van der Waals surface area contributed by atoms with Crippen LogP contribution in [0.4, 0.5) is 0 Å². The second-order valence-corrected chi connectivity index (χ2v) is 4.51. The number of carbonyl (C=O) groups excluding carboxylic acids is 1. The summed E-state index contributed by atoms with van der Waals surface area (Å²) in [5.74, 6) is 0.226. The molecular weight excluding hydrogens is 192 g/mol. The van der Waals surface area contributed by atoms with Gasteiger partial charge in [0.2, 0.25) is 5.91 Å². The Hall–Kier alpha value is -0.610. The topological polar surface area (TPSA) is 41.6 Å². The van der Waals surface area contributed by atoms with Gasteiger partial charge in [0.1, 0.15) is 0 Å². The number of hydrogen-bond donors (Lipinski definition) is 1. The highest BCUT2D eigenvalue weighted by molar-refractivity contribution is 5.77. The third kappa shape index (κ3) is 3.47. The fourth-order valence-corrected chi connectivity index (χ4v) is 1.83. The molecule has 1 saturated heterocycles. The highest BCUT2D eigenvalue weighted by Gasteiger charge is 2.33. The zero-order valence-corrected chi connectivity index (χ0v) is 10.0. The molecule has 1 rings (SSSR count). The Bertz CT molecular complexity index is 217. The third-order valence-electron chi connectivity index (χ3n) is 2.71. The maximum atomic E-state index is 11.9. The molecule has 4 heteroatoms. The SMILES string of the molecule is CCNCCC(=O)N1CCOCC1(C)C. The van der Waals surface area contributed by atoms with Crippen LogP contribution in [0, 0.1) is 0 Å². The van der Waals surface area contributed by atoms with Gasteiger partial charge >= 0.3 is 0 Å². The van der Waals surface area contributed by atoms with Gasteiger partial charge in [-0.1, -0.05) is 6.92 Å². The summed E-state index contributed by atoms with van der Waals surface area (Å²) in [7, 11) is 0. The van der Waals surface area contributed by atoms with Gasteiger partial charge in [-0.05, 0) is 20.4 Å².